The van der Waals surface area contributed by atoms with E-state index >= 15 is 0 Å². The summed E-state index contributed by atoms with van der Waals surface area (Å²) in [6.07, 6.45) is 0. The molecule has 5 heteroatoms. The predicted molar refractivity (Wildman–Crippen MR) is 76.5 cm³/mol. The van der Waals surface area contributed by atoms with Crippen molar-refractivity contribution in [3.05, 3.63) is 29.3 Å². The van der Waals surface area contributed by atoms with Crippen molar-refractivity contribution in [2.24, 2.45) is 0 Å². The van der Waals surface area contributed by atoms with E-state index in [1.165, 1.54) is 0 Å². The third kappa shape index (κ3) is 5.49. The van der Waals surface area contributed by atoms with Crippen LogP contribution < -0.4 is 10.6 Å². The first-order chi connectivity index (χ1) is 8.15. The van der Waals surface area contributed by atoms with Crippen molar-refractivity contribution in [2.75, 3.05) is 32.1 Å². The van der Waals surface area contributed by atoms with E-state index in [0.717, 1.165) is 16.8 Å². The number of aryl methyl sites for hydroxylation is 2. The van der Waals surface area contributed by atoms with Crippen molar-refractivity contribution in [2.45, 2.75) is 13.8 Å². The Labute approximate surface area is 115 Å². The topological polar surface area (TPSA) is 50.4 Å². The molecule has 18 heavy (non-hydrogen) atoms. The average molecular weight is 273 g/mol. The van der Waals surface area contributed by atoms with Gasteiger partial charge in [0.05, 0.1) is 13.2 Å². The minimum Gasteiger partial charge on any atom is -0.383 e. The SMILES string of the molecule is COCCNCC(=O)Nc1c(C)cccc1C.Cl. The lowest BCUT2D eigenvalue weighted by Crippen LogP contribution is -2.30. The van der Waals surface area contributed by atoms with Crippen LogP contribution in [0.15, 0.2) is 18.2 Å². The van der Waals surface area contributed by atoms with Crippen LogP contribution in [0.4, 0.5) is 5.69 Å². The summed E-state index contributed by atoms with van der Waals surface area (Å²) >= 11 is 0. The van der Waals surface area contributed by atoms with Gasteiger partial charge in [-0.3, -0.25) is 4.79 Å². The number of carbonyl (C=O) groups excluding carboxylic acids is 1. The lowest BCUT2D eigenvalue weighted by atomic mass is 10.1. The normalized spacial score (nSPS) is 9.72. The maximum Gasteiger partial charge on any atom is 0.238 e. The van der Waals surface area contributed by atoms with Gasteiger partial charge in [0.15, 0.2) is 0 Å². The van der Waals surface area contributed by atoms with Crippen LogP contribution in [0.2, 0.25) is 0 Å². The smallest absolute Gasteiger partial charge is 0.238 e. The Morgan fingerprint density at radius 2 is 1.89 bits per heavy atom. The monoisotopic (exact) mass is 272 g/mol. The van der Waals surface area contributed by atoms with Crippen LogP contribution in [-0.4, -0.2) is 32.7 Å². The zero-order valence-electron chi connectivity index (χ0n) is 11.1. The first kappa shape index (κ1) is 16.9. The van der Waals surface area contributed by atoms with Crippen molar-refractivity contribution in [3.63, 3.8) is 0 Å². The van der Waals surface area contributed by atoms with Crippen LogP contribution in [0.3, 0.4) is 0 Å². The molecule has 1 aromatic rings. The van der Waals surface area contributed by atoms with E-state index in [4.69, 9.17) is 4.74 Å². The van der Waals surface area contributed by atoms with E-state index in [1.54, 1.807) is 7.11 Å². The minimum atomic E-state index is -0.0292. The number of nitrogens with one attached hydrogen (secondary N) is 2. The van der Waals surface area contributed by atoms with Crippen molar-refractivity contribution >= 4 is 24.0 Å². The number of amides is 1. The number of halogens is 1. The van der Waals surface area contributed by atoms with Gasteiger partial charge in [0.2, 0.25) is 5.91 Å². The van der Waals surface area contributed by atoms with Gasteiger partial charge in [-0.25, -0.2) is 0 Å². The number of hydrogen-bond donors (Lipinski definition) is 2. The molecule has 1 rings (SSSR count). The van der Waals surface area contributed by atoms with Crippen LogP contribution in [-0.2, 0) is 9.53 Å². The minimum absolute atomic E-state index is 0. The Morgan fingerprint density at radius 3 is 2.44 bits per heavy atom. The van der Waals surface area contributed by atoms with Crippen LogP contribution in [0, 0.1) is 13.8 Å². The Balaban J connectivity index is 0.00000289. The molecular formula is C13H21ClN2O2. The summed E-state index contributed by atoms with van der Waals surface area (Å²) < 4.78 is 4.89. The summed E-state index contributed by atoms with van der Waals surface area (Å²) in [7, 11) is 1.64. The highest BCUT2D eigenvalue weighted by Gasteiger charge is 2.06. The van der Waals surface area contributed by atoms with E-state index in [0.29, 0.717) is 19.7 Å². The molecule has 0 fully saturated rings. The van der Waals surface area contributed by atoms with Gasteiger partial charge in [0.25, 0.3) is 0 Å². The fraction of sp³-hybridized carbons (Fsp3) is 0.462. The Kier molecular flexibility index (Phi) is 8.37. The molecule has 0 aliphatic carbocycles. The van der Waals surface area contributed by atoms with E-state index in [1.807, 2.05) is 32.0 Å². The number of para-hydroxylation sites is 1. The number of hydrogen-bond acceptors (Lipinski definition) is 3. The van der Waals surface area contributed by atoms with Gasteiger partial charge >= 0.3 is 0 Å². The fourth-order valence-corrected chi connectivity index (χ4v) is 1.57. The summed E-state index contributed by atoms with van der Waals surface area (Å²) in [5.74, 6) is -0.0292. The number of rotatable bonds is 6. The summed E-state index contributed by atoms with van der Waals surface area (Å²) in [5, 5.41) is 5.92. The summed E-state index contributed by atoms with van der Waals surface area (Å²) in [5.41, 5.74) is 3.07. The lowest BCUT2D eigenvalue weighted by molar-refractivity contribution is -0.115. The highest BCUT2D eigenvalue weighted by molar-refractivity contribution is 5.93. The maximum atomic E-state index is 11.7. The molecule has 0 saturated carbocycles. The predicted octanol–water partition coefficient (Wildman–Crippen LogP) is 1.90. The average Bonchev–Trinajstić information content (AvgIpc) is 2.30. The van der Waals surface area contributed by atoms with Crippen LogP contribution in [0.25, 0.3) is 0 Å². The molecule has 0 saturated heterocycles. The van der Waals surface area contributed by atoms with E-state index in [2.05, 4.69) is 10.6 Å². The number of methoxy groups -OCH3 is 1. The fourth-order valence-electron chi connectivity index (χ4n) is 1.57. The van der Waals surface area contributed by atoms with Crippen LogP contribution in [0.5, 0.6) is 0 Å². The van der Waals surface area contributed by atoms with Gasteiger partial charge in [-0.1, -0.05) is 18.2 Å². The molecular weight excluding hydrogens is 252 g/mol. The molecule has 0 atom stereocenters. The van der Waals surface area contributed by atoms with Gasteiger partial charge < -0.3 is 15.4 Å². The summed E-state index contributed by atoms with van der Waals surface area (Å²) in [4.78, 5) is 11.7. The zero-order valence-corrected chi connectivity index (χ0v) is 11.9. The Morgan fingerprint density at radius 1 is 1.28 bits per heavy atom. The van der Waals surface area contributed by atoms with Crippen LogP contribution >= 0.6 is 12.4 Å². The number of carbonyl (C=O) groups is 1. The van der Waals surface area contributed by atoms with Crippen LogP contribution in [0.1, 0.15) is 11.1 Å². The number of anilines is 1. The molecule has 2 N–H and O–H groups in total. The summed E-state index contributed by atoms with van der Waals surface area (Å²) in [6, 6.07) is 5.96. The molecule has 0 aliphatic rings. The van der Waals surface area contributed by atoms with Gasteiger partial charge in [0.1, 0.15) is 0 Å². The lowest BCUT2D eigenvalue weighted by Gasteiger charge is -2.11. The molecule has 102 valence electrons. The molecule has 0 aromatic heterocycles. The summed E-state index contributed by atoms with van der Waals surface area (Å²) in [6.45, 7) is 5.56. The highest BCUT2D eigenvalue weighted by Crippen LogP contribution is 2.18. The molecule has 0 spiro atoms. The van der Waals surface area contributed by atoms with Crippen molar-refractivity contribution in [3.8, 4) is 0 Å². The van der Waals surface area contributed by atoms with Crippen molar-refractivity contribution < 1.29 is 9.53 Å². The second-order valence-electron chi connectivity index (χ2n) is 3.98. The second kappa shape index (κ2) is 8.91. The van der Waals surface area contributed by atoms with Crippen molar-refractivity contribution in [1.29, 1.82) is 0 Å². The molecule has 1 aromatic carbocycles. The molecule has 0 radical (unpaired) electrons. The quantitative estimate of drug-likeness (QED) is 0.778. The molecule has 1 amide bonds. The Hall–Kier alpha value is -1.10. The Bertz CT molecular complexity index is 363. The first-order valence-corrected chi connectivity index (χ1v) is 5.71. The third-order valence-corrected chi connectivity index (χ3v) is 2.51. The van der Waals surface area contributed by atoms with E-state index < -0.39 is 0 Å². The van der Waals surface area contributed by atoms with Gasteiger partial charge in [0, 0.05) is 19.3 Å². The van der Waals surface area contributed by atoms with E-state index in [9.17, 15) is 4.79 Å². The van der Waals surface area contributed by atoms with E-state index in [-0.39, 0.29) is 18.3 Å². The number of ether oxygens (including phenoxy) is 1. The van der Waals surface area contributed by atoms with Gasteiger partial charge in [-0.15, -0.1) is 12.4 Å². The molecule has 0 unspecified atom stereocenters. The number of benzene rings is 1. The molecule has 4 nitrogen and oxygen atoms in total. The third-order valence-electron chi connectivity index (χ3n) is 2.51. The standard InChI is InChI=1S/C13H20N2O2.ClH/c1-10-5-4-6-11(2)13(10)15-12(16)9-14-7-8-17-3;/h4-6,14H,7-9H2,1-3H3,(H,15,16);1H. The molecule has 0 bridgehead atoms. The molecule has 0 aliphatic heterocycles. The second-order valence-corrected chi connectivity index (χ2v) is 3.98. The largest absolute Gasteiger partial charge is 0.383 e. The maximum absolute atomic E-state index is 11.7. The zero-order chi connectivity index (χ0) is 12.7. The highest BCUT2D eigenvalue weighted by atomic mass is 35.5. The van der Waals surface area contributed by atoms with Crippen molar-refractivity contribution in [1.82, 2.24) is 5.32 Å². The van der Waals surface area contributed by atoms with Gasteiger partial charge in [-0.05, 0) is 25.0 Å². The molecule has 0 heterocycles. The van der Waals surface area contributed by atoms with Gasteiger partial charge in [-0.2, -0.15) is 0 Å². The first-order valence-electron chi connectivity index (χ1n) is 5.71.